The normalized spacial score (nSPS) is 11.6. The van der Waals surface area contributed by atoms with Crippen LogP contribution in [0, 0.1) is 11.7 Å². The molecule has 2 heterocycles. The third kappa shape index (κ3) is 7.99. The predicted molar refractivity (Wildman–Crippen MR) is 128 cm³/mol. The van der Waals surface area contributed by atoms with Gasteiger partial charge < -0.3 is 19.8 Å². The van der Waals surface area contributed by atoms with Crippen LogP contribution in [-0.2, 0) is 16.1 Å². The molecule has 37 heavy (non-hydrogen) atoms. The van der Waals surface area contributed by atoms with E-state index >= 15 is 0 Å². The number of pyridine rings is 1. The van der Waals surface area contributed by atoms with E-state index in [4.69, 9.17) is 16.3 Å². The number of hydrogen-bond donors (Lipinski definition) is 2. The predicted octanol–water partition coefficient (Wildman–Crippen LogP) is 4.52. The van der Waals surface area contributed by atoms with Crippen LogP contribution in [0.4, 0.5) is 17.6 Å². The van der Waals surface area contributed by atoms with E-state index in [-0.39, 0.29) is 59.6 Å². The summed E-state index contributed by atoms with van der Waals surface area (Å²) in [6, 6.07) is 6.75. The quantitative estimate of drug-likeness (QED) is 0.288. The zero-order chi connectivity index (χ0) is 27.2. The molecule has 2 N–H and O–H groups in total. The van der Waals surface area contributed by atoms with Crippen molar-refractivity contribution in [1.82, 2.24) is 20.3 Å². The Hall–Kier alpha value is -3.51. The van der Waals surface area contributed by atoms with Gasteiger partial charge >= 0.3 is 6.18 Å². The van der Waals surface area contributed by atoms with Crippen molar-refractivity contribution in [2.45, 2.75) is 26.6 Å². The van der Waals surface area contributed by atoms with Crippen molar-refractivity contribution in [3.8, 4) is 28.5 Å². The van der Waals surface area contributed by atoms with Gasteiger partial charge in [-0.15, -0.1) is 0 Å². The Morgan fingerprint density at radius 1 is 1.19 bits per heavy atom. The van der Waals surface area contributed by atoms with Crippen molar-refractivity contribution in [2.24, 2.45) is 5.92 Å². The summed E-state index contributed by atoms with van der Waals surface area (Å²) in [4.78, 5) is 35.1. The number of H-pyrrole nitrogens is 1. The van der Waals surface area contributed by atoms with Gasteiger partial charge in [0.1, 0.15) is 24.9 Å². The summed E-state index contributed by atoms with van der Waals surface area (Å²) >= 11 is 6.42. The molecule has 0 unspecified atom stereocenters. The van der Waals surface area contributed by atoms with Gasteiger partial charge in [0.25, 0.3) is 5.56 Å². The molecule has 1 aromatic carbocycles. The van der Waals surface area contributed by atoms with E-state index in [1.165, 1.54) is 30.5 Å². The highest BCUT2D eigenvalue weighted by Gasteiger charge is 2.27. The van der Waals surface area contributed by atoms with Gasteiger partial charge in [0, 0.05) is 36.4 Å². The average Bonchev–Trinajstić information content (AvgIpc) is 2.82. The fourth-order valence-electron chi connectivity index (χ4n) is 3.07. The van der Waals surface area contributed by atoms with E-state index < -0.39 is 24.2 Å². The maximum Gasteiger partial charge on any atom is 0.411 e. The highest BCUT2D eigenvalue weighted by atomic mass is 35.5. The van der Waals surface area contributed by atoms with Crippen LogP contribution in [0.3, 0.4) is 0 Å². The number of aromatic amines is 1. The minimum atomic E-state index is -4.42. The van der Waals surface area contributed by atoms with Gasteiger partial charge in [-0.3, -0.25) is 9.59 Å². The van der Waals surface area contributed by atoms with E-state index in [1.54, 1.807) is 13.8 Å². The Bertz CT molecular complexity index is 1300. The van der Waals surface area contributed by atoms with Crippen LogP contribution in [0.25, 0.3) is 22.6 Å². The smallest absolute Gasteiger partial charge is 0.411 e. The molecule has 2 aromatic heterocycles. The Balaban J connectivity index is 1.78. The van der Waals surface area contributed by atoms with E-state index in [2.05, 4.69) is 25.0 Å². The molecule has 0 aliphatic heterocycles. The van der Waals surface area contributed by atoms with Gasteiger partial charge in [-0.2, -0.15) is 13.2 Å². The lowest BCUT2D eigenvalue weighted by atomic mass is 10.1. The first-order valence-electron chi connectivity index (χ1n) is 11.0. The highest BCUT2D eigenvalue weighted by Crippen LogP contribution is 2.32. The number of alkyl halides is 3. The molecule has 3 aromatic rings. The number of nitrogens with one attached hydrogen (secondary N) is 2. The van der Waals surface area contributed by atoms with E-state index in [9.17, 15) is 27.2 Å². The Morgan fingerprint density at radius 3 is 2.59 bits per heavy atom. The first-order chi connectivity index (χ1) is 17.4. The molecule has 0 radical (unpaired) electrons. The number of nitrogens with zero attached hydrogens (tertiary/aromatic N) is 2. The topological polar surface area (TPSA) is 106 Å². The molecule has 0 atom stereocenters. The lowest BCUT2D eigenvalue weighted by Crippen LogP contribution is -2.27. The number of halogens is 5. The van der Waals surface area contributed by atoms with Crippen molar-refractivity contribution in [3.63, 3.8) is 0 Å². The van der Waals surface area contributed by atoms with Crippen LogP contribution in [0.15, 0.2) is 41.3 Å². The van der Waals surface area contributed by atoms with Crippen molar-refractivity contribution < 1.29 is 31.8 Å². The molecule has 0 fully saturated rings. The summed E-state index contributed by atoms with van der Waals surface area (Å²) in [7, 11) is 0. The zero-order valence-corrected chi connectivity index (χ0v) is 20.5. The lowest BCUT2D eigenvalue weighted by molar-refractivity contribution is -0.175. The van der Waals surface area contributed by atoms with Crippen LogP contribution >= 0.6 is 11.6 Å². The molecule has 13 heteroatoms. The molecule has 0 bridgehead atoms. The standard InChI is InChI=1S/C24H23ClF4N4O4/c1-13(2)23(35)31-11-15-3-5-16(26)20(21(15)25)22-32-17(9-18(34)33-22)14-4-6-19(30-10-14)37-8-7-36-12-24(27,28)29/h3-6,9-10,13H,7-8,11-12H2,1-2H3,(H,31,35)(H,32,33,34). The minimum absolute atomic E-state index is 0.0148. The van der Waals surface area contributed by atoms with Crippen molar-refractivity contribution >= 4 is 17.5 Å². The second-order valence-electron chi connectivity index (χ2n) is 8.15. The summed E-state index contributed by atoms with van der Waals surface area (Å²) in [5, 5.41) is 2.69. The van der Waals surface area contributed by atoms with Crippen LogP contribution < -0.4 is 15.6 Å². The summed E-state index contributed by atoms with van der Waals surface area (Å²) in [6.07, 6.45) is -3.08. The summed E-state index contributed by atoms with van der Waals surface area (Å²) in [6.45, 7) is 1.71. The van der Waals surface area contributed by atoms with E-state index in [0.717, 1.165) is 6.07 Å². The molecule has 198 valence electrons. The molecule has 0 aliphatic carbocycles. The van der Waals surface area contributed by atoms with Gasteiger partial charge in [-0.05, 0) is 17.7 Å². The molecule has 0 saturated heterocycles. The molecular formula is C24H23ClF4N4O4. The molecule has 1 amide bonds. The van der Waals surface area contributed by atoms with Gasteiger partial charge in [0.2, 0.25) is 11.8 Å². The molecule has 8 nitrogen and oxygen atoms in total. The first-order valence-corrected chi connectivity index (χ1v) is 11.4. The van der Waals surface area contributed by atoms with Gasteiger partial charge in [-0.25, -0.2) is 14.4 Å². The van der Waals surface area contributed by atoms with Crippen LogP contribution in [0.5, 0.6) is 5.88 Å². The fraction of sp³-hybridized carbons (Fsp3) is 0.333. The number of benzene rings is 1. The number of carbonyl (C=O) groups is 1. The van der Waals surface area contributed by atoms with Gasteiger partial charge in [0.15, 0.2) is 0 Å². The summed E-state index contributed by atoms with van der Waals surface area (Å²) < 4.78 is 60.7. The Kier molecular flexibility index (Phi) is 9.22. The number of ether oxygens (including phenoxy) is 2. The number of carbonyl (C=O) groups excluding carboxylic acids is 1. The third-order valence-electron chi connectivity index (χ3n) is 4.90. The SMILES string of the molecule is CC(C)C(=O)NCc1ccc(F)c(-c2nc(-c3ccc(OCCOCC(F)(F)F)nc3)cc(=O)[nH]2)c1Cl. The molecule has 3 rings (SSSR count). The zero-order valence-electron chi connectivity index (χ0n) is 19.8. The molecule has 0 spiro atoms. The largest absolute Gasteiger partial charge is 0.475 e. The number of hydrogen-bond acceptors (Lipinski definition) is 6. The maximum atomic E-state index is 14.8. The van der Waals surface area contributed by atoms with Gasteiger partial charge in [0.05, 0.1) is 22.9 Å². The number of aromatic nitrogens is 3. The molecule has 0 saturated carbocycles. The van der Waals surface area contributed by atoms with E-state index in [0.29, 0.717) is 11.1 Å². The monoisotopic (exact) mass is 542 g/mol. The summed E-state index contributed by atoms with van der Waals surface area (Å²) in [5.41, 5.74) is 0.285. The van der Waals surface area contributed by atoms with Crippen LogP contribution in [0.1, 0.15) is 19.4 Å². The minimum Gasteiger partial charge on any atom is -0.475 e. The van der Waals surface area contributed by atoms with Crippen LogP contribution in [0.2, 0.25) is 5.02 Å². The van der Waals surface area contributed by atoms with Crippen molar-refractivity contribution in [2.75, 3.05) is 19.8 Å². The number of amides is 1. The highest BCUT2D eigenvalue weighted by molar-refractivity contribution is 6.34. The number of rotatable bonds is 10. The van der Waals surface area contributed by atoms with E-state index in [1.807, 2.05) is 0 Å². The van der Waals surface area contributed by atoms with Crippen molar-refractivity contribution in [1.29, 1.82) is 0 Å². The Labute approximate surface area is 214 Å². The lowest BCUT2D eigenvalue weighted by Gasteiger charge is -2.13. The Morgan fingerprint density at radius 2 is 1.95 bits per heavy atom. The van der Waals surface area contributed by atoms with Crippen LogP contribution in [-0.4, -0.2) is 46.9 Å². The average molecular weight is 543 g/mol. The molecular weight excluding hydrogens is 520 g/mol. The van der Waals surface area contributed by atoms with Crippen molar-refractivity contribution in [3.05, 3.63) is 63.3 Å². The van der Waals surface area contributed by atoms with Gasteiger partial charge in [-0.1, -0.05) is 31.5 Å². The fourth-order valence-corrected chi connectivity index (χ4v) is 3.38. The second-order valence-corrected chi connectivity index (χ2v) is 8.53. The third-order valence-corrected chi connectivity index (χ3v) is 5.33. The second kappa shape index (κ2) is 12.2. The molecule has 0 aliphatic rings. The maximum absolute atomic E-state index is 14.8. The summed E-state index contributed by atoms with van der Waals surface area (Å²) in [5.74, 6) is -1.18. The first kappa shape index (κ1) is 28.1.